The molecular weight excluding hydrogens is 371 g/mol. The SMILES string of the molecule is Clc1ccc(C(Cn2ccnc2)SC/C=C/c2ccccc2)c(Cl)c1. The standard InChI is InChI=1S/C20H18Cl2N2S/c21-17-8-9-18(19(22)13-17)20(14-24-11-10-23-15-24)25-12-4-7-16-5-2-1-3-6-16/h1-11,13,15,20H,12,14H2/b7-4+. The van der Waals surface area contributed by atoms with Gasteiger partial charge in [-0.25, -0.2) is 4.98 Å². The quantitative estimate of drug-likeness (QED) is 0.467. The summed E-state index contributed by atoms with van der Waals surface area (Å²) in [4.78, 5) is 4.13. The van der Waals surface area contributed by atoms with Crippen molar-refractivity contribution in [2.24, 2.45) is 0 Å². The van der Waals surface area contributed by atoms with Gasteiger partial charge in [0.15, 0.2) is 0 Å². The van der Waals surface area contributed by atoms with E-state index in [1.54, 1.807) is 12.3 Å². The van der Waals surface area contributed by atoms with Crippen LogP contribution in [-0.2, 0) is 6.54 Å². The van der Waals surface area contributed by atoms with Gasteiger partial charge in [-0.15, -0.1) is 11.8 Å². The molecule has 2 nitrogen and oxygen atoms in total. The maximum Gasteiger partial charge on any atom is 0.0946 e. The number of thioether (sulfide) groups is 1. The minimum atomic E-state index is 0.222. The van der Waals surface area contributed by atoms with E-state index in [1.807, 2.05) is 54.6 Å². The average molecular weight is 389 g/mol. The first-order valence-electron chi connectivity index (χ1n) is 7.96. The lowest BCUT2D eigenvalue weighted by atomic mass is 10.1. The summed E-state index contributed by atoms with van der Waals surface area (Å²) in [5.41, 5.74) is 2.30. The van der Waals surface area contributed by atoms with E-state index in [-0.39, 0.29) is 5.25 Å². The molecule has 3 aromatic rings. The van der Waals surface area contributed by atoms with Gasteiger partial charge in [0.05, 0.1) is 6.33 Å². The van der Waals surface area contributed by atoms with E-state index in [0.29, 0.717) is 10.0 Å². The Hall–Kier alpha value is -1.68. The molecule has 0 aliphatic heterocycles. The normalized spacial score (nSPS) is 12.6. The van der Waals surface area contributed by atoms with E-state index in [0.717, 1.165) is 17.9 Å². The van der Waals surface area contributed by atoms with Crippen LogP contribution in [0.15, 0.2) is 73.3 Å². The molecule has 0 saturated carbocycles. The van der Waals surface area contributed by atoms with Crippen LogP contribution in [0.1, 0.15) is 16.4 Å². The van der Waals surface area contributed by atoms with Crippen LogP contribution in [0.25, 0.3) is 6.08 Å². The first-order valence-corrected chi connectivity index (χ1v) is 9.77. The Morgan fingerprint density at radius 1 is 1.12 bits per heavy atom. The summed E-state index contributed by atoms with van der Waals surface area (Å²) in [5, 5.41) is 1.58. The van der Waals surface area contributed by atoms with Gasteiger partial charge in [-0.3, -0.25) is 0 Å². The molecule has 0 aliphatic carbocycles. The van der Waals surface area contributed by atoms with E-state index in [9.17, 15) is 0 Å². The van der Waals surface area contributed by atoms with E-state index in [4.69, 9.17) is 23.2 Å². The summed E-state index contributed by atoms with van der Waals surface area (Å²) in [6.07, 6.45) is 9.92. The molecule has 1 atom stereocenters. The van der Waals surface area contributed by atoms with Crippen LogP contribution < -0.4 is 0 Å². The Labute approximate surface area is 162 Å². The van der Waals surface area contributed by atoms with Gasteiger partial charge in [0.1, 0.15) is 0 Å². The molecule has 0 spiro atoms. The number of aromatic nitrogens is 2. The fourth-order valence-corrected chi connectivity index (χ4v) is 4.22. The van der Waals surface area contributed by atoms with Crippen molar-refractivity contribution in [2.45, 2.75) is 11.8 Å². The Bertz CT molecular complexity index is 817. The molecule has 1 aromatic heterocycles. The zero-order valence-corrected chi connectivity index (χ0v) is 15.9. The van der Waals surface area contributed by atoms with Gasteiger partial charge >= 0.3 is 0 Å². The highest BCUT2D eigenvalue weighted by Gasteiger charge is 2.16. The second-order valence-corrected chi connectivity index (χ2v) is 7.64. The number of imidazole rings is 1. The Morgan fingerprint density at radius 2 is 1.96 bits per heavy atom. The predicted octanol–water partition coefficient (Wildman–Crippen LogP) is 6.38. The monoisotopic (exact) mass is 388 g/mol. The van der Waals surface area contributed by atoms with Crippen LogP contribution >= 0.6 is 35.0 Å². The molecule has 25 heavy (non-hydrogen) atoms. The zero-order valence-electron chi connectivity index (χ0n) is 13.6. The molecule has 0 fully saturated rings. The molecule has 0 saturated heterocycles. The van der Waals surface area contributed by atoms with Crippen molar-refractivity contribution in [3.8, 4) is 0 Å². The van der Waals surface area contributed by atoms with Gasteiger partial charge < -0.3 is 4.57 Å². The molecule has 2 aromatic carbocycles. The van der Waals surface area contributed by atoms with Crippen LogP contribution in [0.5, 0.6) is 0 Å². The van der Waals surface area contributed by atoms with Crippen molar-refractivity contribution in [1.29, 1.82) is 0 Å². The largest absolute Gasteiger partial charge is 0.336 e. The summed E-state index contributed by atoms with van der Waals surface area (Å²) >= 11 is 14.3. The molecule has 3 rings (SSSR count). The second kappa shape index (κ2) is 9.14. The lowest BCUT2D eigenvalue weighted by molar-refractivity contribution is 0.684. The minimum absolute atomic E-state index is 0.222. The minimum Gasteiger partial charge on any atom is -0.336 e. The van der Waals surface area contributed by atoms with Crippen molar-refractivity contribution >= 4 is 41.0 Å². The topological polar surface area (TPSA) is 17.8 Å². The van der Waals surface area contributed by atoms with Crippen LogP contribution in [0.4, 0.5) is 0 Å². The second-order valence-electron chi connectivity index (χ2n) is 5.56. The summed E-state index contributed by atoms with van der Waals surface area (Å²) in [6.45, 7) is 0.811. The van der Waals surface area contributed by atoms with Crippen molar-refractivity contribution in [3.05, 3.63) is 94.5 Å². The smallest absolute Gasteiger partial charge is 0.0946 e. The molecule has 0 amide bonds. The highest BCUT2D eigenvalue weighted by atomic mass is 35.5. The van der Waals surface area contributed by atoms with Gasteiger partial charge in [-0.05, 0) is 23.3 Å². The molecule has 1 heterocycles. The summed E-state index contributed by atoms with van der Waals surface area (Å²) < 4.78 is 2.07. The molecular formula is C20H18Cl2N2S. The fraction of sp³-hybridized carbons (Fsp3) is 0.150. The van der Waals surface area contributed by atoms with Gasteiger partial charge in [0.2, 0.25) is 0 Å². The third kappa shape index (κ3) is 5.40. The summed E-state index contributed by atoms with van der Waals surface area (Å²) in [6, 6.07) is 16.0. The van der Waals surface area contributed by atoms with Crippen molar-refractivity contribution in [3.63, 3.8) is 0 Å². The summed E-state index contributed by atoms with van der Waals surface area (Å²) in [7, 11) is 0. The molecule has 0 bridgehead atoms. The number of benzene rings is 2. The van der Waals surface area contributed by atoms with Gasteiger partial charge in [0, 0.05) is 40.0 Å². The van der Waals surface area contributed by atoms with Gasteiger partial charge in [-0.2, -0.15) is 0 Å². The molecule has 128 valence electrons. The van der Waals surface area contributed by atoms with E-state index < -0.39 is 0 Å². The highest BCUT2D eigenvalue weighted by Crippen LogP contribution is 2.36. The van der Waals surface area contributed by atoms with Crippen LogP contribution in [0.3, 0.4) is 0 Å². The third-order valence-electron chi connectivity index (χ3n) is 3.75. The Balaban J connectivity index is 1.71. The maximum atomic E-state index is 6.43. The lowest BCUT2D eigenvalue weighted by Crippen LogP contribution is -2.06. The summed E-state index contributed by atoms with van der Waals surface area (Å²) in [5.74, 6) is 0.896. The zero-order chi connectivity index (χ0) is 17.5. The van der Waals surface area contributed by atoms with Crippen LogP contribution in [0.2, 0.25) is 10.0 Å². The Kier molecular flexibility index (Phi) is 6.62. The number of hydrogen-bond donors (Lipinski definition) is 0. The highest BCUT2D eigenvalue weighted by molar-refractivity contribution is 7.99. The lowest BCUT2D eigenvalue weighted by Gasteiger charge is -2.18. The van der Waals surface area contributed by atoms with E-state index in [2.05, 4.69) is 33.8 Å². The number of hydrogen-bond acceptors (Lipinski definition) is 2. The fourth-order valence-electron chi connectivity index (χ4n) is 2.51. The average Bonchev–Trinajstić information content (AvgIpc) is 3.12. The Morgan fingerprint density at radius 3 is 2.68 bits per heavy atom. The molecule has 0 N–H and O–H groups in total. The van der Waals surface area contributed by atoms with E-state index >= 15 is 0 Å². The van der Waals surface area contributed by atoms with E-state index in [1.165, 1.54) is 5.56 Å². The molecule has 0 aliphatic rings. The van der Waals surface area contributed by atoms with Gasteiger partial charge in [0.25, 0.3) is 0 Å². The molecule has 1 unspecified atom stereocenters. The molecule has 0 radical (unpaired) electrons. The van der Waals surface area contributed by atoms with Crippen molar-refractivity contribution in [2.75, 3.05) is 5.75 Å². The van der Waals surface area contributed by atoms with Crippen LogP contribution in [0, 0.1) is 0 Å². The number of nitrogens with zero attached hydrogens (tertiary/aromatic N) is 2. The number of rotatable bonds is 7. The van der Waals surface area contributed by atoms with Gasteiger partial charge in [-0.1, -0.05) is 71.8 Å². The predicted molar refractivity (Wildman–Crippen MR) is 109 cm³/mol. The number of halogens is 2. The van der Waals surface area contributed by atoms with Crippen molar-refractivity contribution in [1.82, 2.24) is 9.55 Å². The van der Waals surface area contributed by atoms with Crippen molar-refractivity contribution < 1.29 is 0 Å². The first-order chi connectivity index (χ1) is 12.2. The first kappa shape index (κ1) is 18.1. The third-order valence-corrected chi connectivity index (χ3v) is 5.50. The maximum absolute atomic E-state index is 6.43. The molecule has 5 heteroatoms. The van der Waals surface area contributed by atoms with Crippen LogP contribution in [-0.4, -0.2) is 15.3 Å².